The molecule has 0 radical (unpaired) electrons. The van der Waals surface area contributed by atoms with Gasteiger partial charge in [-0.3, -0.25) is 4.79 Å². The average molecular weight is 516 g/mol. The molecule has 122 valence electrons. The van der Waals surface area contributed by atoms with Crippen LogP contribution in [0.3, 0.4) is 0 Å². The number of thioether (sulfide) groups is 1. The van der Waals surface area contributed by atoms with Gasteiger partial charge in [0, 0.05) is 19.3 Å². The molecule has 0 spiro atoms. The Morgan fingerprint density at radius 2 is 1.83 bits per heavy atom. The Balaban J connectivity index is 1.56. The third-order valence-electron chi connectivity index (χ3n) is 2.95. The Hall–Kier alpha value is -1.39. The topological polar surface area (TPSA) is 68.0 Å². The van der Waals surface area contributed by atoms with Gasteiger partial charge >= 0.3 is 0 Å². The van der Waals surface area contributed by atoms with Gasteiger partial charge in [-0.05, 0) is 71.1 Å². The molecule has 0 aliphatic carbocycles. The second-order valence-electron chi connectivity index (χ2n) is 4.72. The van der Waals surface area contributed by atoms with Gasteiger partial charge in [-0.1, -0.05) is 27.7 Å². The first-order valence-corrected chi connectivity index (χ1v) is 9.73. The molecule has 1 aromatic heterocycles. The summed E-state index contributed by atoms with van der Waals surface area (Å²) in [6.07, 6.45) is 0. The Morgan fingerprint density at radius 3 is 2.54 bits per heavy atom. The highest BCUT2D eigenvalue weighted by molar-refractivity contribution is 14.1. The number of hydrogen-bond donors (Lipinski definition) is 1. The van der Waals surface area contributed by atoms with E-state index in [1.807, 2.05) is 48.5 Å². The number of nitrogens with one attached hydrogen (secondary N) is 1. The SMILES string of the molecule is O=C(CSc1nnc(-c2ccc(I)cc2)o1)Nc1ccc(Br)cc1. The Labute approximate surface area is 164 Å². The van der Waals surface area contributed by atoms with E-state index in [2.05, 4.69) is 54.0 Å². The molecular weight excluding hydrogens is 505 g/mol. The van der Waals surface area contributed by atoms with E-state index in [0.29, 0.717) is 11.1 Å². The number of hydrogen-bond acceptors (Lipinski definition) is 5. The Kier molecular flexibility index (Phi) is 5.90. The van der Waals surface area contributed by atoms with Crippen molar-refractivity contribution in [1.82, 2.24) is 10.2 Å². The number of aromatic nitrogens is 2. The first-order chi connectivity index (χ1) is 11.6. The minimum absolute atomic E-state index is 0.128. The molecule has 3 rings (SSSR count). The predicted octanol–water partition coefficient (Wildman–Crippen LogP) is 4.83. The lowest BCUT2D eigenvalue weighted by Crippen LogP contribution is -2.13. The molecule has 0 saturated heterocycles. The van der Waals surface area contributed by atoms with E-state index in [0.717, 1.165) is 19.3 Å². The van der Waals surface area contributed by atoms with Crippen LogP contribution in [-0.4, -0.2) is 21.9 Å². The maximum Gasteiger partial charge on any atom is 0.277 e. The summed E-state index contributed by atoms with van der Waals surface area (Å²) in [6, 6.07) is 15.2. The monoisotopic (exact) mass is 515 g/mol. The van der Waals surface area contributed by atoms with Crippen LogP contribution in [0.1, 0.15) is 0 Å². The summed E-state index contributed by atoms with van der Waals surface area (Å²) in [7, 11) is 0. The van der Waals surface area contributed by atoms with E-state index in [9.17, 15) is 4.79 Å². The minimum atomic E-state index is -0.128. The van der Waals surface area contributed by atoms with Crippen LogP contribution in [0, 0.1) is 3.57 Å². The van der Waals surface area contributed by atoms with E-state index in [1.54, 1.807) is 0 Å². The average Bonchev–Trinajstić information content (AvgIpc) is 3.05. The maximum atomic E-state index is 12.0. The fourth-order valence-electron chi connectivity index (χ4n) is 1.83. The van der Waals surface area contributed by atoms with Crippen molar-refractivity contribution in [3.63, 3.8) is 0 Å². The molecular formula is C16H11BrIN3O2S. The van der Waals surface area contributed by atoms with E-state index in [-0.39, 0.29) is 11.7 Å². The quantitative estimate of drug-likeness (QED) is 0.389. The van der Waals surface area contributed by atoms with Crippen LogP contribution in [0.2, 0.25) is 0 Å². The fraction of sp³-hybridized carbons (Fsp3) is 0.0625. The number of anilines is 1. The summed E-state index contributed by atoms with van der Waals surface area (Å²) in [5.74, 6) is 0.517. The molecule has 1 heterocycles. The normalized spacial score (nSPS) is 10.6. The van der Waals surface area contributed by atoms with Gasteiger partial charge in [0.1, 0.15) is 0 Å². The molecule has 2 aromatic carbocycles. The van der Waals surface area contributed by atoms with Crippen LogP contribution in [0.15, 0.2) is 62.6 Å². The van der Waals surface area contributed by atoms with Gasteiger partial charge in [0.05, 0.1) is 5.75 Å². The first-order valence-electron chi connectivity index (χ1n) is 6.88. The van der Waals surface area contributed by atoms with Crippen molar-refractivity contribution in [2.45, 2.75) is 5.22 Å². The van der Waals surface area contributed by atoms with Gasteiger partial charge < -0.3 is 9.73 Å². The van der Waals surface area contributed by atoms with E-state index >= 15 is 0 Å². The van der Waals surface area contributed by atoms with Crippen LogP contribution in [0.5, 0.6) is 0 Å². The maximum absolute atomic E-state index is 12.0. The summed E-state index contributed by atoms with van der Waals surface area (Å²) in [5, 5.41) is 11.2. The van der Waals surface area contributed by atoms with Gasteiger partial charge in [-0.25, -0.2) is 0 Å². The fourth-order valence-corrected chi connectivity index (χ4v) is 3.02. The summed E-state index contributed by atoms with van der Waals surface area (Å²) < 4.78 is 7.67. The zero-order valence-electron chi connectivity index (χ0n) is 12.2. The number of halogens is 2. The highest BCUT2D eigenvalue weighted by Crippen LogP contribution is 2.24. The number of carbonyl (C=O) groups excluding carboxylic acids is 1. The highest BCUT2D eigenvalue weighted by Gasteiger charge is 2.11. The molecule has 1 amide bonds. The van der Waals surface area contributed by atoms with Crippen molar-refractivity contribution in [1.29, 1.82) is 0 Å². The Bertz CT molecular complexity index is 837. The molecule has 1 N–H and O–H groups in total. The molecule has 0 saturated carbocycles. The van der Waals surface area contributed by atoms with Gasteiger partial charge in [-0.15, -0.1) is 10.2 Å². The summed E-state index contributed by atoms with van der Waals surface area (Å²) in [5.41, 5.74) is 1.60. The lowest BCUT2D eigenvalue weighted by molar-refractivity contribution is -0.113. The van der Waals surface area contributed by atoms with Crippen LogP contribution < -0.4 is 5.32 Å². The third kappa shape index (κ3) is 4.81. The molecule has 0 unspecified atom stereocenters. The van der Waals surface area contributed by atoms with Crippen molar-refractivity contribution >= 4 is 61.9 Å². The predicted molar refractivity (Wildman–Crippen MR) is 106 cm³/mol. The molecule has 0 bridgehead atoms. The minimum Gasteiger partial charge on any atom is -0.411 e. The lowest BCUT2D eigenvalue weighted by Gasteiger charge is -2.03. The standard InChI is InChI=1S/C16H11BrIN3O2S/c17-11-3-7-13(8-4-11)19-14(22)9-24-16-21-20-15(23-16)10-1-5-12(18)6-2-10/h1-8H,9H2,(H,19,22). The molecule has 5 nitrogen and oxygen atoms in total. The second kappa shape index (κ2) is 8.13. The molecule has 3 aromatic rings. The van der Waals surface area contributed by atoms with Crippen molar-refractivity contribution in [2.24, 2.45) is 0 Å². The van der Waals surface area contributed by atoms with Crippen LogP contribution in [0.4, 0.5) is 5.69 Å². The third-order valence-corrected chi connectivity index (χ3v) is 5.02. The number of amides is 1. The summed E-state index contributed by atoms with van der Waals surface area (Å²) in [6.45, 7) is 0. The molecule has 24 heavy (non-hydrogen) atoms. The second-order valence-corrected chi connectivity index (χ2v) is 7.81. The zero-order valence-corrected chi connectivity index (χ0v) is 16.8. The van der Waals surface area contributed by atoms with Crippen molar-refractivity contribution in [3.8, 4) is 11.5 Å². The van der Waals surface area contributed by atoms with Gasteiger partial charge in [0.25, 0.3) is 5.22 Å². The Morgan fingerprint density at radius 1 is 1.12 bits per heavy atom. The van der Waals surface area contributed by atoms with E-state index < -0.39 is 0 Å². The lowest BCUT2D eigenvalue weighted by atomic mass is 10.2. The number of benzene rings is 2. The van der Waals surface area contributed by atoms with Crippen LogP contribution in [-0.2, 0) is 4.79 Å². The largest absolute Gasteiger partial charge is 0.411 e. The number of rotatable bonds is 5. The van der Waals surface area contributed by atoms with Gasteiger partial charge in [-0.2, -0.15) is 0 Å². The molecule has 0 atom stereocenters. The zero-order chi connectivity index (χ0) is 16.9. The highest BCUT2D eigenvalue weighted by atomic mass is 127. The summed E-state index contributed by atoms with van der Waals surface area (Å²) >= 11 is 6.79. The number of carbonyl (C=O) groups is 1. The molecule has 8 heteroatoms. The van der Waals surface area contributed by atoms with Crippen molar-refractivity contribution in [3.05, 3.63) is 56.6 Å². The van der Waals surface area contributed by atoms with Gasteiger partial charge in [0.15, 0.2) is 0 Å². The molecule has 0 aliphatic rings. The van der Waals surface area contributed by atoms with E-state index in [1.165, 1.54) is 11.8 Å². The van der Waals surface area contributed by atoms with Crippen molar-refractivity contribution < 1.29 is 9.21 Å². The van der Waals surface area contributed by atoms with Gasteiger partial charge in [0.2, 0.25) is 11.8 Å². The summed E-state index contributed by atoms with van der Waals surface area (Å²) in [4.78, 5) is 12.0. The van der Waals surface area contributed by atoms with Crippen molar-refractivity contribution in [2.75, 3.05) is 11.1 Å². The van der Waals surface area contributed by atoms with E-state index in [4.69, 9.17) is 4.42 Å². The number of nitrogens with zero attached hydrogens (tertiary/aromatic N) is 2. The smallest absolute Gasteiger partial charge is 0.277 e. The molecule has 0 aliphatic heterocycles. The van der Waals surface area contributed by atoms with Crippen LogP contribution in [0.25, 0.3) is 11.5 Å². The molecule has 0 fully saturated rings. The van der Waals surface area contributed by atoms with Crippen LogP contribution >= 0.6 is 50.3 Å². The first kappa shape index (κ1) is 17.4.